The fraction of sp³-hybridized carbons (Fsp3) is 0.409. The van der Waals surface area contributed by atoms with Gasteiger partial charge in [-0.05, 0) is 38.1 Å². The lowest BCUT2D eigenvalue weighted by atomic mass is 9.98. The highest BCUT2D eigenvalue weighted by atomic mass is 19.1. The van der Waals surface area contributed by atoms with E-state index in [9.17, 15) is 14.3 Å². The Bertz CT molecular complexity index is 1200. The molecule has 2 bridgehead atoms. The first-order valence-electron chi connectivity index (χ1n) is 10.5. The van der Waals surface area contributed by atoms with Crippen LogP contribution in [0.4, 0.5) is 4.39 Å². The molecule has 0 saturated carbocycles. The van der Waals surface area contributed by atoms with Crippen LogP contribution in [0.1, 0.15) is 19.3 Å². The van der Waals surface area contributed by atoms with Crippen LogP contribution in [0.5, 0.6) is 11.6 Å². The van der Waals surface area contributed by atoms with E-state index in [0.717, 1.165) is 12.8 Å². The van der Waals surface area contributed by atoms with Crippen LogP contribution in [0.25, 0.3) is 22.6 Å². The molecule has 0 spiro atoms. The lowest BCUT2D eigenvalue weighted by Crippen LogP contribution is -2.52. The Morgan fingerprint density at radius 1 is 1.16 bits per heavy atom. The highest BCUT2D eigenvalue weighted by molar-refractivity contribution is 5.71. The highest BCUT2D eigenvalue weighted by Crippen LogP contribution is 2.38. The molecule has 3 aromatic rings. The summed E-state index contributed by atoms with van der Waals surface area (Å²) in [5.74, 6) is 0.429. The molecular formula is C22H23FN6O3. The number of hydrogen-bond donors (Lipinski definition) is 1. The molecule has 0 radical (unpaired) electrons. The number of nitrogens with zero attached hydrogens (tertiary/aromatic N) is 6. The first kappa shape index (κ1) is 20.5. The zero-order chi connectivity index (χ0) is 22.4. The number of halogens is 1. The maximum Gasteiger partial charge on any atom is 0.350 e. The summed E-state index contributed by atoms with van der Waals surface area (Å²) in [7, 11) is 3.53. The predicted octanol–water partition coefficient (Wildman–Crippen LogP) is 1.96. The largest absolute Gasteiger partial charge is 0.507 e. The number of piperidine rings is 1. The van der Waals surface area contributed by atoms with Gasteiger partial charge in [0.25, 0.3) is 0 Å². The van der Waals surface area contributed by atoms with Crippen molar-refractivity contribution >= 4 is 0 Å². The SMILES string of the molecule is CN1C2CCC1[C@H](F)[C@H](Oc1ccc(-c3ccc(-c4ncn(C)c(=O)n4)cc3O)nn1)C2. The Kier molecular flexibility index (Phi) is 5.09. The van der Waals surface area contributed by atoms with E-state index in [-0.39, 0.29) is 23.5 Å². The average molecular weight is 438 g/mol. The molecule has 9 nitrogen and oxygen atoms in total. The monoisotopic (exact) mass is 438 g/mol. The number of phenolic OH excluding ortho intramolecular Hbond substituents is 1. The summed E-state index contributed by atoms with van der Waals surface area (Å²) in [6, 6.07) is 8.36. The van der Waals surface area contributed by atoms with Crippen LogP contribution < -0.4 is 10.4 Å². The number of hydrogen-bond acceptors (Lipinski definition) is 8. The molecule has 32 heavy (non-hydrogen) atoms. The van der Waals surface area contributed by atoms with Crippen LogP contribution in [-0.4, -0.2) is 66.1 Å². The Balaban J connectivity index is 1.33. The Morgan fingerprint density at radius 3 is 2.72 bits per heavy atom. The number of ether oxygens (including phenoxy) is 1. The topological polar surface area (TPSA) is 106 Å². The molecule has 1 aromatic carbocycles. The van der Waals surface area contributed by atoms with E-state index < -0.39 is 18.0 Å². The standard InChI is InChI=1S/C22H23FN6O3/c1-28-11-24-21(25-22(28)31)12-3-5-14(17(30)9-12)15-6-8-19(27-26-15)32-18-10-13-4-7-16(20(18)23)29(13)2/h3,5-6,8-9,11,13,16,18,20,30H,4,7,10H2,1-2H3/t13?,16?,18-,20+/m1/s1. The maximum atomic E-state index is 14.8. The van der Waals surface area contributed by atoms with Crippen LogP contribution in [0.2, 0.25) is 0 Å². The number of aromatic hydroxyl groups is 1. The van der Waals surface area contributed by atoms with Crippen LogP contribution in [0.3, 0.4) is 0 Å². The molecule has 5 rings (SSSR count). The van der Waals surface area contributed by atoms with Gasteiger partial charge in [0.05, 0.1) is 5.69 Å². The van der Waals surface area contributed by atoms with Crippen molar-refractivity contribution < 1.29 is 14.2 Å². The van der Waals surface area contributed by atoms with E-state index >= 15 is 0 Å². The number of aromatic nitrogens is 5. The van der Waals surface area contributed by atoms with E-state index in [1.165, 1.54) is 17.0 Å². The number of benzene rings is 1. The molecule has 0 amide bonds. The lowest BCUT2D eigenvalue weighted by Gasteiger charge is -2.38. The molecule has 2 unspecified atom stereocenters. The van der Waals surface area contributed by atoms with Crippen molar-refractivity contribution in [3.8, 4) is 34.3 Å². The summed E-state index contributed by atoms with van der Waals surface area (Å²) in [5, 5.41) is 18.7. The zero-order valence-electron chi connectivity index (χ0n) is 17.7. The van der Waals surface area contributed by atoms with Gasteiger partial charge >= 0.3 is 5.69 Å². The fourth-order valence-corrected chi connectivity index (χ4v) is 4.57. The third-order valence-corrected chi connectivity index (χ3v) is 6.42. The van der Waals surface area contributed by atoms with Gasteiger partial charge in [0.15, 0.2) is 12.0 Å². The van der Waals surface area contributed by atoms with Gasteiger partial charge in [-0.25, -0.2) is 14.2 Å². The number of aryl methyl sites for hydroxylation is 1. The number of rotatable bonds is 4. The van der Waals surface area contributed by atoms with E-state index in [0.29, 0.717) is 29.3 Å². The zero-order valence-corrected chi connectivity index (χ0v) is 17.7. The number of alkyl halides is 1. The van der Waals surface area contributed by atoms with Crippen molar-refractivity contribution in [3.05, 3.63) is 47.1 Å². The minimum Gasteiger partial charge on any atom is -0.507 e. The molecule has 4 atom stereocenters. The number of fused-ring (bicyclic) bond motifs is 2. The summed E-state index contributed by atoms with van der Waals surface area (Å²) < 4.78 is 21.9. The van der Waals surface area contributed by atoms with Gasteiger partial charge < -0.3 is 9.84 Å². The van der Waals surface area contributed by atoms with Crippen LogP contribution in [0, 0.1) is 0 Å². The molecule has 2 fully saturated rings. The molecule has 0 aliphatic carbocycles. The van der Waals surface area contributed by atoms with Crippen molar-refractivity contribution in [1.82, 2.24) is 29.6 Å². The Hall–Kier alpha value is -3.40. The Labute approximate surface area is 183 Å². The van der Waals surface area contributed by atoms with Crippen molar-refractivity contribution in [1.29, 1.82) is 0 Å². The highest BCUT2D eigenvalue weighted by Gasteiger charge is 2.47. The van der Waals surface area contributed by atoms with Crippen LogP contribution >= 0.6 is 0 Å². The first-order chi connectivity index (χ1) is 15.4. The average Bonchev–Trinajstić information content (AvgIpc) is 3.06. The molecule has 10 heteroatoms. The lowest BCUT2D eigenvalue weighted by molar-refractivity contribution is -0.0134. The molecule has 2 aliphatic heterocycles. The van der Waals surface area contributed by atoms with Gasteiger partial charge in [0.2, 0.25) is 5.88 Å². The quantitative estimate of drug-likeness (QED) is 0.659. The predicted molar refractivity (Wildman–Crippen MR) is 114 cm³/mol. The third kappa shape index (κ3) is 3.60. The van der Waals surface area contributed by atoms with Gasteiger partial charge in [-0.3, -0.25) is 9.47 Å². The van der Waals surface area contributed by atoms with Gasteiger partial charge in [0.1, 0.15) is 18.2 Å². The van der Waals surface area contributed by atoms with E-state index in [1.807, 2.05) is 7.05 Å². The second kappa shape index (κ2) is 7.94. The van der Waals surface area contributed by atoms with E-state index in [4.69, 9.17) is 4.74 Å². The normalized spacial score (nSPS) is 25.1. The molecule has 4 heterocycles. The van der Waals surface area contributed by atoms with Gasteiger partial charge in [-0.1, -0.05) is 6.07 Å². The van der Waals surface area contributed by atoms with Crippen molar-refractivity contribution in [2.75, 3.05) is 7.05 Å². The number of phenols is 1. The van der Waals surface area contributed by atoms with Crippen molar-refractivity contribution in [2.24, 2.45) is 7.05 Å². The minimum atomic E-state index is -1.06. The summed E-state index contributed by atoms with van der Waals surface area (Å²) in [6.45, 7) is 0. The van der Waals surface area contributed by atoms with E-state index in [1.54, 1.807) is 31.3 Å². The van der Waals surface area contributed by atoms with Crippen molar-refractivity contribution in [3.63, 3.8) is 0 Å². The van der Waals surface area contributed by atoms with Crippen LogP contribution in [-0.2, 0) is 7.05 Å². The minimum absolute atomic E-state index is 0.0505. The van der Waals surface area contributed by atoms with Gasteiger partial charge in [-0.2, -0.15) is 4.98 Å². The summed E-state index contributed by atoms with van der Waals surface area (Å²) >= 11 is 0. The molecule has 2 aliphatic rings. The first-order valence-corrected chi connectivity index (χ1v) is 10.5. The van der Waals surface area contributed by atoms with Gasteiger partial charge in [0, 0.05) is 42.7 Å². The van der Waals surface area contributed by atoms with Crippen molar-refractivity contribution in [2.45, 2.75) is 43.6 Å². The Morgan fingerprint density at radius 2 is 2.00 bits per heavy atom. The summed E-state index contributed by atoms with van der Waals surface area (Å²) in [6.07, 6.45) is 2.25. The second-order valence-electron chi connectivity index (χ2n) is 8.36. The van der Waals surface area contributed by atoms with Gasteiger partial charge in [-0.15, -0.1) is 10.2 Å². The van der Waals surface area contributed by atoms with Crippen LogP contribution in [0.15, 0.2) is 41.5 Å². The molecule has 2 saturated heterocycles. The third-order valence-electron chi connectivity index (χ3n) is 6.42. The van der Waals surface area contributed by atoms with E-state index in [2.05, 4.69) is 25.1 Å². The summed E-state index contributed by atoms with van der Waals surface area (Å²) in [4.78, 5) is 21.8. The molecule has 166 valence electrons. The molecule has 2 aromatic heterocycles. The summed E-state index contributed by atoms with van der Waals surface area (Å²) in [5.41, 5.74) is 0.958. The fourth-order valence-electron chi connectivity index (χ4n) is 4.57. The molecule has 1 N–H and O–H groups in total. The second-order valence-corrected chi connectivity index (χ2v) is 8.36. The maximum absolute atomic E-state index is 14.8. The molecular weight excluding hydrogens is 415 g/mol. The smallest absolute Gasteiger partial charge is 0.350 e.